The number of carbonyl (C=O) groups excluding carboxylic acids is 1. The minimum atomic E-state index is -1.10. The molecular formula is C26H19Br2NO5S. The summed E-state index contributed by atoms with van der Waals surface area (Å²) in [7, 11) is 1.63. The molecule has 178 valence electrons. The summed E-state index contributed by atoms with van der Waals surface area (Å²) >= 11 is 8.43. The molecule has 0 saturated carbocycles. The van der Waals surface area contributed by atoms with E-state index in [0.29, 0.717) is 30.9 Å². The van der Waals surface area contributed by atoms with Crippen LogP contribution in [0.2, 0.25) is 0 Å². The number of hydrogen-bond acceptors (Lipinski definition) is 5. The zero-order valence-corrected chi connectivity index (χ0v) is 22.4. The second kappa shape index (κ2) is 11.1. The zero-order valence-electron chi connectivity index (χ0n) is 18.4. The second-order valence-electron chi connectivity index (χ2n) is 7.34. The third-order valence-electron chi connectivity index (χ3n) is 5.06. The standard InChI is InChI=1S/C26H19Br2NO5S/c1-33-22-8-7-17(13-19(22)15-5-3-2-4-6-15)34-24-20(27)11-16(12-21(24)28)18-9-10-35-25(18)26(32)29-14-23(30)31/h2-13H,14H2,1H3,(H,29,32)(H,30,31). The Morgan fingerprint density at radius 2 is 1.66 bits per heavy atom. The zero-order chi connectivity index (χ0) is 24.9. The topological polar surface area (TPSA) is 84.9 Å². The molecular weight excluding hydrogens is 598 g/mol. The Balaban J connectivity index is 1.64. The van der Waals surface area contributed by atoms with E-state index in [4.69, 9.17) is 14.6 Å². The van der Waals surface area contributed by atoms with Crippen molar-refractivity contribution in [1.29, 1.82) is 0 Å². The highest BCUT2D eigenvalue weighted by Gasteiger charge is 2.19. The number of nitrogens with one attached hydrogen (secondary N) is 1. The van der Waals surface area contributed by atoms with Crippen molar-refractivity contribution in [3.63, 3.8) is 0 Å². The number of methoxy groups -OCH3 is 1. The van der Waals surface area contributed by atoms with E-state index < -0.39 is 18.4 Å². The molecule has 0 unspecified atom stereocenters. The van der Waals surface area contributed by atoms with Crippen molar-refractivity contribution in [2.75, 3.05) is 13.7 Å². The number of carboxylic acid groups (broad SMARTS) is 1. The maximum Gasteiger partial charge on any atom is 0.322 e. The monoisotopic (exact) mass is 615 g/mol. The summed E-state index contributed by atoms with van der Waals surface area (Å²) in [5.74, 6) is 0.408. The van der Waals surface area contributed by atoms with E-state index in [9.17, 15) is 9.59 Å². The first-order chi connectivity index (χ1) is 16.9. The van der Waals surface area contributed by atoms with E-state index >= 15 is 0 Å². The molecule has 0 radical (unpaired) electrons. The summed E-state index contributed by atoms with van der Waals surface area (Å²) in [5.41, 5.74) is 3.39. The van der Waals surface area contributed by atoms with Crippen molar-refractivity contribution in [3.8, 4) is 39.5 Å². The normalized spacial score (nSPS) is 10.6. The van der Waals surface area contributed by atoms with E-state index in [2.05, 4.69) is 37.2 Å². The summed E-state index contributed by atoms with van der Waals surface area (Å²) in [6.07, 6.45) is 0. The highest BCUT2D eigenvalue weighted by atomic mass is 79.9. The molecule has 1 aromatic heterocycles. The van der Waals surface area contributed by atoms with E-state index in [-0.39, 0.29) is 0 Å². The highest BCUT2D eigenvalue weighted by Crippen LogP contribution is 2.43. The van der Waals surface area contributed by atoms with Crippen LogP contribution < -0.4 is 14.8 Å². The van der Waals surface area contributed by atoms with Gasteiger partial charge in [-0.3, -0.25) is 9.59 Å². The van der Waals surface area contributed by atoms with Gasteiger partial charge in [-0.2, -0.15) is 0 Å². The summed E-state index contributed by atoms with van der Waals surface area (Å²) in [4.78, 5) is 23.7. The van der Waals surface area contributed by atoms with Gasteiger partial charge in [-0.25, -0.2) is 0 Å². The van der Waals surface area contributed by atoms with Gasteiger partial charge in [0.15, 0.2) is 5.75 Å². The van der Waals surface area contributed by atoms with Crippen LogP contribution in [0, 0.1) is 0 Å². The van der Waals surface area contributed by atoms with Crippen molar-refractivity contribution in [1.82, 2.24) is 5.32 Å². The average Bonchev–Trinajstić information content (AvgIpc) is 3.35. The fourth-order valence-electron chi connectivity index (χ4n) is 3.47. The molecule has 0 fully saturated rings. The Bertz CT molecular complexity index is 1360. The minimum absolute atomic E-state index is 0.432. The molecule has 9 heteroatoms. The van der Waals surface area contributed by atoms with Gasteiger partial charge in [-0.05, 0) is 84.8 Å². The van der Waals surface area contributed by atoms with Crippen LogP contribution >= 0.6 is 43.2 Å². The summed E-state index contributed by atoms with van der Waals surface area (Å²) in [6, 6.07) is 21.1. The minimum Gasteiger partial charge on any atom is -0.496 e. The molecule has 1 amide bonds. The fourth-order valence-corrected chi connectivity index (χ4v) is 5.65. The van der Waals surface area contributed by atoms with Crippen molar-refractivity contribution in [2.24, 2.45) is 0 Å². The third-order valence-corrected chi connectivity index (χ3v) is 7.15. The molecule has 4 rings (SSSR count). The SMILES string of the molecule is COc1ccc(Oc2c(Br)cc(-c3ccsc3C(=O)NCC(=O)O)cc2Br)cc1-c1ccccc1. The number of thiophene rings is 1. The molecule has 0 aliphatic heterocycles. The molecule has 6 nitrogen and oxygen atoms in total. The Morgan fingerprint density at radius 3 is 2.31 bits per heavy atom. The molecule has 0 aliphatic carbocycles. The average molecular weight is 617 g/mol. The molecule has 0 saturated heterocycles. The predicted octanol–water partition coefficient (Wildman–Crippen LogP) is 7.22. The largest absolute Gasteiger partial charge is 0.496 e. The summed E-state index contributed by atoms with van der Waals surface area (Å²) in [5, 5.41) is 13.0. The van der Waals surface area contributed by atoms with Crippen molar-refractivity contribution in [3.05, 3.63) is 85.9 Å². The molecule has 35 heavy (non-hydrogen) atoms. The number of rotatable bonds is 8. The number of ether oxygens (including phenoxy) is 2. The first-order valence-electron chi connectivity index (χ1n) is 10.4. The lowest BCUT2D eigenvalue weighted by molar-refractivity contribution is -0.135. The third kappa shape index (κ3) is 5.75. The number of carboxylic acids is 1. The van der Waals surface area contributed by atoms with Crippen LogP contribution in [-0.2, 0) is 4.79 Å². The second-order valence-corrected chi connectivity index (χ2v) is 9.96. The Kier molecular flexibility index (Phi) is 7.90. The van der Waals surface area contributed by atoms with Gasteiger partial charge in [-0.15, -0.1) is 11.3 Å². The van der Waals surface area contributed by atoms with Gasteiger partial charge in [0.05, 0.1) is 20.9 Å². The number of halogens is 2. The van der Waals surface area contributed by atoms with Gasteiger partial charge in [0.2, 0.25) is 0 Å². The van der Waals surface area contributed by atoms with E-state index in [1.54, 1.807) is 12.5 Å². The molecule has 4 aromatic rings. The van der Waals surface area contributed by atoms with Crippen LogP contribution in [-0.4, -0.2) is 30.6 Å². The van der Waals surface area contributed by atoms with Gasteiger partial charge >= 0.3 is 5.97 Å². The van der Waals surface area contributed by atoms with Crippen LogP contribution in [0.25, 0.3) is 22.3 Å². The highest BCUT2D eigenvalue weighted by molar-refractivity contribution is 9.11. The first-order valence-corrected chi connectivity index (χ1v) is 12.8. The lowest BCUT2D eigenvalue weighted by atomic mass is 10.0. The van der Waals surface area contributed by atoms with Gasteiger partial charge < -0.3 is 19.9 Å². The van der Waals surface area contributed by atoms with E-state index in [0.717, 1.165) is 22.4 Å². The van der Waals surface area contributed by atoms with Crippen molar-refractivity contribution < 1.29 is 24.2 Å². The predicted molar refractivity (Wildman–Crippen MR) is 144 cm³/mol. The van der Waals surface area contributed by atoms with Gasteiger partial charge in [-0.1, -0.05) is 30.3 Å². The van der Waals surface area contributed by atoms with E-state index in [1.165, 1.54) is 11.3 Å². The molecule has 0 bridgehead atoms. The van der Waals surface area contributed by atoms with Crippen LogP contribution in [0.4, 0.5) is 0 Å². The number of amides is 1. The van der Waals surface area contributed by atoms with Crippen LogP contribution in [0.5, 0.6) is 17.2 Å². The summed E-state index contributed by atoms with van der Waals surface area (Å²) in [6.45, 7) is -0.441. The molecule has 1 heterocycles. The molecule has 0 atom stereocenters. The Morgan fingerprint density at radius 1 is 0.943 bits per heavy atom. The van der Waals surface area contributed by atoms with Crippen LogP contribution in [0.15, 0.2) is 81.1 Å². The Hall–Kier alpha value is -3.14. The first kappa shape index (κ1) is 25.0. The maximum atomic E-state index is 12.5. The van der Waals surface area contributed by atoms with Crippen LogP contribution in [0.1, 0.15) is 9.67 Å². The van der Waals surface area contributed by atoms with Crippen molar-refractivity contribution >= 4 is 55.1 Å². The number of aliphatic carboxylic acids is 1. The molecule has 2 N–H and O–H groups in total. The van der Waals surface area contributed by atoms with E-state index in [1.807, 2.05) is 66.7 Å². The van der Waals surface area contributed by atoms with Gasteiger partial charge in [0.25, 0.3) is 5.91 Å². The molecule has 0 spiro atoms. The van der Waals surface area contributed by atoms with Gasteiger partial charge in [0, 0.05) is 11.1 Å². The fraction of sp³-hybridized carbons (Fsp3) is 0.0769. The summed E-state index contributed by atoms with van der Waals surface area (Å²) < 4.78 is 13.1. The quantitative estimate of drug-likeness (QED) is 0.218. The lowest BCUT2D eigenvalue weighted by Crippen LogP contribution is -2.28. The number of benzene rings is 3. The number of hydrogen-bond donors (Lipinski definition) is 2. The lowest BCUT2D eigenvalue weighted by Gasteiger charge is -2.15. The molecule has 3 aromatic carbocycles. The molecule has 0 aliphatic rings. The van der Waals surface area contributed by atoms with Crippen molar-refractivity contribution in [2.45, 2.75) is 0 Å². The Labute approximate surface area is 222 Å². The smallest absolute Gasteiger partial charge is 0.322 e. The number of carbonyl (C=O) groups is 2. The van der Waals surface area contributed by atoms with Gasteiger partial charge in [0.1, 0.15) is 18.0 Å². The van der Waals surface area contributed by atoms with Crippen LogP contribution in [0.3, 0.4) is 0 Å². The maximum absolute atomic E-state index is 12.5.